The molecule has 1 N–H and O–H groups in total. The predicted octanol–water partition coefficient (Wildman–Crippen LogP) is 3.18. The first-order valence-corrected chi connectivity index (χ1v) is 15.4. The predicted molar refractivity (Wildman–Crippen MR) is 167 cm³/mol. The van der Waals surface area contributed by atoms with Crippen molar-refractivity contribution in [2.75, 3.05) is 46.3 Å². The van der Waals surface area contributed by atoms with Crippen molar-refractivity contribution < 1.29 is 27.5 Å². The normalized spacial score (nSPS) is 16.2. The van der Waals surface area contributed by atoms with Gasteiger partial charge in [-0.1, -0.05) is 23.4 Å². The molecule has 4 rings (SSSR count). The van der Waals surface area contributed by atoms with Crippen LogP contribution in [0.5, 0.6) is 11.5 Å². The molecule has 0 spiro atoms. The highest BCUT2D eigenvalue weighted by Gasteiger charge is 2.43. The number of benzene rings is 1. The molecule has 236 valence electrons. The van der Waals surface area contributed by atoms with Crippen LogP contribution in [0.15, 0.2) is 54.0 Å². The fourth-order valence-corrected chi connectivity index (χ4v) is 5.95. The Morgan fingerprint density at radius 1 is 1.09 bits per heavy atom. The van der Waals surface area contributed by atoms with E-state index in [0.717, 1.165) is 5.56 Å². The average Bonchev–Trinajstić information content (AvgIpc) is 3.40. The van der Waals surface area contributed by atoms with Gasteiger partial charge in [-0.25, -0.2) is 18.4 Å². The van der Waals surface area contributed by atoms with Crippen LogP contribution in [0.4, 0.5) is 5.95 Å². The van der Waals surface area contributed by atoms with Gasteiger partial charge in [0.25, 0.3) is 0 Å². The van der Waals surface area contributed by atoms with E-state index in [4.69, 9.17) is 19.0 Å². The van der Waals surface area contributed by atoms with E-state index in [0.29, 0.717) is 41.7 Å². The average molecular weight is 627 g/mol. The molecule has 14 nitrogen and oxygen atoms in total. The molecule has 0 aliphatic carbocycles. The molecule has 1 aromatic carbocycles. The summed E-state index contributed by atoms with van der Waals surface area (Å²) in [5.74, 6) is 1.34. The van der Waals surface area contributed by atoms with Crippen molar-refractivity contribution in [3.8, 4) is 17.2 Å². The number of nitrogens with one attached hydrogen (secondary N) is 1. The second-order valence-electron chi connectivity index (χ2n) is 9.99. The van der Waals surface area contributed by atoms with Gasteiger partial charge in [0.1, 0.15) is 35.4 Å². The van der Waals surface area contributed by atoms with Gasteiger partial charge < -0.3 is 19.0 Å². The third-order valence-corrected chi connectivity index (χ3v) is 8.85. The van der Waals surface area contributed by atoms with Crippen molar-refractivity contribution >= 4 is 27.8 Å². The number of sulfonamides is 1. The molecule has 0 radical (unpaired) electrons. The fraction of sp³-hybridized carbons (Fsp3) is 0.414. The van der Waals surface area contributed by atoms with Crippen molar-refractivity contribution in [2.45, 2.75) is 38.2 Å². The van der Waals surface area contributed by atoms with Crippen LogP contribution in [-0.4, -0.2) is 97.1 Å². The quantitative estimate of drug-likeness (QED) is 0.159. The largest absolute Gasteiger partial charge is 0.494 e. The summed E-state index contributed by atoms with van der Waals surface area (Å²) in [5, 5.41) is 11.5. The van der Waals surface area contributed by atoms with Crippen LogP contribution in [0, 0.1) is 6.92 Å². The molecule has 3 heterocycles. The van der Waals surface area contributed by atoms with Gasteiger partial charge in [-0.05, 0) is 44.5 Å². The van der Waals surface area contributed by atoms with Crippen LogP contribution >= 0.6 is 0 Å². The van der Waals surface area contributed by atoms with E-state index >= 15 is 0 Å². The number of aryl methyl sites for hydroxylation is 1. The van der Waals surface area contributed by atoms with Crippen molar-refractivity contribution in [3.05, 3.63) is 66.0 Å². The minimum absolute atomic E-state index is 0.00868. The van der Waals surface area contributed by atoms with E-state index in [2.05, 4.69) is 30.0 Å². The molecule has 1 fully saturated rings. The maximum atomic E-state index is 14.2. The number of para-hydroxylation sites is 1. The van der Waals surface area contributed by atoms with E-state index in [1.807, 2.05) is 24.8 Å². The molecule has 1 aliphatic rings. The molecule has 15 heteroatoms. The SMILES string of the molecule is C\C=C/C=C(\C=N\OC)c1nnc(NS(=O)(=O)[C@H](C)[C@H](c2ncc(C)cn2)N2CC(OC)C2)n1-c1c(OC)cccc1OC. The van der Waals surface area contributed by atoms with Gasteiger partial charge in [0, 0.05) is 38.2 Å². The van der Waals surface area contributed by atoms with Gasteiger partial charge in [0.05, 0.1) is 32.6 Å². The van der Waals surface area contributed by atoms with E-state index in [-0.39, 0.29) is 17.9 Å². The Bertz CT molecular complexity index is 1590. The Balaban J connectivity index is 1.85. The van der Waals surface area contributed by atoms with E-state index in [1.165, 1.54) is 32.1 Å². The summed E-state index contributed by atoms with van der Waals surface area (Å²) in [6.07, 6.45) is 10.1. The van der Waals surface area contributed by atoms with Crippen LogP contribution in [0.1, 0.15) is 37.1 Å². The molecular weight excluding hydrogens is 588 g/mol. The van der Waals surface area contributed by atoms with Crippen molar-refractivity contribution in [3.63, 3.8) is 0 Å². The number of hydrogen-bond donors (Lipinski definition) is 1. The van der Waals surface area contributed by atoms with Crippen LogP contribution in [0.2, 0.25) is 0 Å². The van der Waals surface area contributed by atoms with Crippen LogP contribution < -0.4 is 14.2 Å². The first-order chi connectivity index (χ1) is 21.2. The standard InChI is InChI=1S/C29H38N8O6S/c1-8-9-11-21(16-32-43-7)28-33-34-29(37(28)26-23(41-5)12-10-13-24(26)42-6)35-44(38,39)20(3)25(36-17-22(18-36)40-4)27-30-14-19(2)15-31-27/h8-16,20,22,25H,17-18H2,1-7H3,(H,34,35)/b9-8-,21-11+,32-16+/t20-,25-/m1/s1. The maximum absolute atomic E-state index is 14.2. The second kappa shape index (κ2) is 14.4. The summed E-state index contributed by atoms with van der Waals surface area (Å²) in [6, 6.07) is 4.55. The lowest BCUT2D eigenvalue weighted by molar-refractivity contribution is -0.0530. The number of allylic oxidation sites excluding steroid dienone is 4. The van der Waals surface area contributed by atoms with Crippen molar-refractivity contribution in [2.24, 2.45) is 5.16 Å². The number of anilines is 1. The zero-order valence-electron chi connectivity index (χ0n) is 25.8. The second-order valence-corrected chi connectivity index (χ2v) is 12.0. The summed E-state index contributed by atoms with van der Waals surface area (Å²) in [5.41, 5.74) is 1.72. The Morgan fingerprint density at radius 2 is 1.75 bits per heavy atom. The summed E-state index contributed by atoms with van der Waals surface area (Å²) < 4.78 is 49.3. The monoisotopic (exact) mass is 626 g/mol. The number of nitrogens with zero attached hydrogens (tertiary/aromatic N) is 7. The number of rotatable bonds is 14. The lowest BCUT2D eigenvalue weighted by atomic mass is 10.0. The molecule has 0 unspecified atom stereocenters. The number of aromatic nitrogens is 5. The zero-order valence-corrected chi connectivity index (χ0v) is 26.6. The topological polar surface area (TPSA) is 155 Å². The maximum Gasteiger partial charge on any atom is 0.243 e. The van der Waals surface area contributed by atoms with E-state index in [9.17, 15) is 8.42 Å². The number of oxime groups is 1. The Hall–Kier alpha value is -4.34. The highest BCUT2D eigenvalue weighted by molar-refractivity contribution is 7.93. The first-order valence-electron chi connectivity index (χ1n) is 13.8. The molecule has 3 aromatic rings. The lowest BCUT2D eigenvalue weighted by Gasteiger charge is -2.44. The summed E-state index contributed by atoms with van der Waals surface area (Å²) >= 11 is 0. The number of hydrogen-bond acceptors (Lipinski definition) is 12. The van der Waals surface area contributed by atoms with Crippen LogP contribution in [0.25, 0.3) is 11.3 Å². The molecule has 0 bridgehead atoms. The highest BCUT2D eigenvalue weighted by Crippen LogP contribution is 2.37. The Labute approximate surface area is 257 Å². The van der Waals surface area contributed by atoms with Crippen LogP contribution in [-0.2, 0) is 19.6 Å². The molecular formula is C29H38N8O6S. The van der Waals surface area contributed by atoms with Gasteiger partial charge >= 0.3 is 0 Å². The fourth-order valence-electron chi connectivity index (χ4n) is 4.75. The number of ether oxygens (including phenoxy) is 3. The highest BCUT2D eigenvalue weighted by atomic mass is 32.2. The third kappa shape index (κ3) is 6.90. The van der Waals surface area contributed by atoms with Gasteiger partial charge in [0.15, 0.2) is 5.82 Å². The Kier molecular flexibility index (Phi) is 10.7. The van der Waals surface area contributed by atoms with Crippen molar-refractivity contribution in [1.29, 1.82) is 0 Å². The van der Waals surface area contributed by atoms with Gasteiger partial charge in [-0.3, -0.25) is 14.2 Å². The van der Waals surface area contributed by atoms with Crippen LogP contribution in [0.3, 0.4) is 0 Å². The van der Waals surface area contributed by atoms with Gasteiger partial charge in [0.2, 0.25) is 16.0 Å². The summed E-state index contributed by atoms with van der Waals surface area (Å²) in [7, 11) is 1.92. The minimum atomic E-state index is -4.14. The van der Waals surface area contributed by atoms with Crippen molar-refractivity contribution in [1.82, 2.24) is 29.6 Å². The van der Waals surface area contributed by atoms with E-state index in [1.54, 1.807) is 56.8 Å². The van der Waals surface area contributed by atoms with E-state index < -0.39 is 21.3 Å². The molecule has 2 atom stereocenters. The molecule has 44 heavy (non-hydrogen) atoms. The molecule has 2 aromatic heterocycles. The van der Waals surface area contributed by atoms with Gasteiger partial charge in [-0.2, -0.15) is 0 Å². The number of methoxy groups -OCH3 is 3. The smallest absolute Gasteiger partial charge is 0.243 e. The summed E-state index contributed by atoms with van der Waals surface area (Å²) in [4.78, 5) is 15.9. The molecule has 1 aliphatic heterocycles. The van der Waals surface area contributed by atoms with Gasteiger partial charge in [-0.15, -0.1) is 10.2 Å². The third-order valence-electron chi connectivity index (χ3n) is 7.15. The molecule has 0 amide bonds. The molecule has 0 saturated carbocycles. The Morgan fingerprint density at radius 3 is 2.32 bits per heavy atom. The first kappa shape index (κ1) is 32.6. The summed E-state index contributed by atoms with van der Waals surface area (Å²) in [6.45, 7) is 6.42. The zero-order chi connectivity index (χ0) is 31.9. The number of likely N-dealkylation sites (tertiary alicyclic amines) is 1. The minimum Gasteiger partial charge on any atom is -0.494 e. The lowest BCUT2D eigenvalue weighted by Crippen LogP contribution is -2.56. The molecule has 1 saturated heterocycles.